The summed E-state index contributed by atoms with van der Waals surface area (Å²) in [6.07, 6.45) is 0. The van der Waals surface area contributed by atoms with Gasteiger partial charge in [-0.05, 0) is 49.7 Å². The van der Waals surface area contributed by atoms with Crippen molar-refractivity contribution in [2.24, 2.45) is 0 Å². The van der Waals surface area contributed by atoms with Gasteiger partial charge in [0, 0.05) is 12.2 Å². The van der Waals surface area contributed by atoms with Gasteiger partial charge in [0.05, 0.1) is 22.0 Å². The van der Waals surface area contributed by atoms with Gasteiger partial charge in [0.1, 0.15) is 0 Å². The molecular formula is C16H18ClN3O. The Balaban J connectivity index is 2.38. The molecule has 0 spiro atoms. The van der Waals surface area contributed by atoms with Crippen molar-refractivity contribution in [3.8, 4) is 0 Å². The van der Waals surface area contributed by atoms with Crippen molar-refractivity contribution in [3.63, 3.8) is 0 Å². The third kappa shape index (κ3) is 3.67. The molecule has 0 aliphatic carbocycles. The van der Waals surface area contributed by atoms with Crippen LogP contribution >= 0.6 is 11.6 Å². The Morgan fingerprint density at radius 1 is 1.19 bits per heavy atom. The number of hydrogen-bond acceptors (Lipinski definition) is 3. The van der Waals surface area contributed by atoms with Gasteiger partial charge in [-0.1, -0.05) is 17.7 Å². The Hall–Kier alpha value is -2.20. The number of nitrogens with two attached hydrogens (primary N) is 1. The van der Waals surface area contributed by atoms with Crippen LogP contribution in [0.4, 0.5) is 17.1 Å². The van der Waals surface area contributed by atoms with E-state index in [4.69, 9.17) is 17.3 Å². The molecule has 0 fully saturated rings. The maximum atomic E-state index is 12.1. The topological polar surface area (TPSA) is 67.2 Å². The van der Waals surface area contributed by atoms with E-state index in [1.54, 1.807) is 18.2 Å². The third-order valence-corrected chi connectivity index (χ3v) is 3.33. The van der Waals surface area contributed by atoms with E-state index in [2.05, 4.69) is 10.6 Å². The number of rotatable bonds is 4. The minimum Gasteiger partial charge on any atom is -0.399 e. The van der Waals surface area contributed by atoms with Crippen LogP contribution in [0.3, 0.4) is 0 Å². The number of hydrogen-bond donors (Lipinski definition) is 3. The van der Waals surface area contributed by atoms with E-state index in [-0.39, 0.29) is 5.91 Å². The Kier molecular flexibility index (Phi) is 4.70. The van der Waals surface area contributed by atoms with Crippen molar-refractivity contribution in [1.29, 1.82) is 0 Å². The molecule has 2 rings (SSSR count). The van der Waals surface area contributed by atoms with Crippen LogP contribution in [-0.4, -0.2) is 12.5 Å². The highest BCUT2D eigenvalue weighted by Gasteiger charge is 2.12. The Labute approximate surface area is 129 Å². The zero-order valence-corrected chi connectivity index (χ0v) is 12.8. The lowest BCUT2D eigenvalue weighted by molar-refractivity contribution is 0.0956. The fourth-order valence-electron chi connectivity index (χ4n) is 1.99. The molecule has 2 aromatic rings. The molecular weight excluding hydrogens is 286 g/mol. The first kappa shape index (κ1) is 15.2. The monoisotopic (exact) mass is 303 g/mol. The van der Waals surface area contributed by atoms with E-state index < -0.39 is 0 Å². The Morgan fingerprint density at radius 3 is 2.62 bits per heavy atom. The van der Waals surface area contributed by atoms with Crippen molar-refractivity contribution >= 4 is 34.6 Å². The highest BCUT2D eigenvalue weighted by atomic mass is 35.5. The van der Waals surface area contributed by atoms with Gasteiger partial charge in [-0.3, -0.25) is 4.79 Å². The highest BCUT2D eigenvalue weighted by Crippen LogP contribution is 2.29. The van der Waals surface area contributed by atoms with E-state index in [0.717, 1.165) is 11.3 Å². The molecule has 0 saturated carbocycles. The largest absolute Gasteiger partial charge is 0.399 e. The molecule has 0 aromatic heterocycles. The van der Waals surface area contributed by atoms with Crippen LogP contribution in [0.2, 0.25) is 5.02 Å². The first-order valence-electron chi connectivity index (χ1n) is 6.72. The lowest BCUT2D eigenvalue weighted by Crippen LogP contribution is -2.23. The Morgan fingerprint density at radius 2 is 1.95 bits per heavy atom. The van der Waals surface area contributed by atoms with Crippen LogP contribution in [0.5, 0.6) is 0 Å². The second-order valence-electron chi connectivity index (χ2n) is 4.77. The maximum absolute atomic E-state index is 12.1. The average Bonchev–Trinajstić information content (AvgIpc) is 2.42. The predicted octanol–water partition coefficient (Wildman–Crippen LogP) is 3.72. The third-order valence-electron chi connectivity index (χ3n) is 3.02. The maximum Gasteiger partial charge on any atom is 0.253 e. The van der Waals surface area contributed by atoms with E-state index in [9.17, 15) is 4.79 Å². The molecule has 0 aliphatic heterocycles. The fourth-order valence-corrected chi connectivity index (χ4v) is 2.27. The van der Waals surface area contributed by atoms with Crippen molar-refractivity contribution in [3.05, 3.63) is 52.5 Å². The van der Waals surface area contributed by atoms with Crippen molar-refractivity contribution in [2.75, 3.05) is 17.6 Å². The lowest BCUT2D eigenvalue weighted by atomic mass is 10.1. The number of anilines is 3. The van der Waals surface area contributed by atoms with Crippen LogP contribution in [0.15, 0.2) is 36.4 Å². The number of benzene rings is 2. The molecule has 0 aliphatic rings. The summed E-state index contributed by atoms with van der Waals surface area (Å²) in [7, 11) is 0. The smallest absolute Gasteiger partial charge is 0.253 e. The van der Waals surface area contributed by atoms with Crippen LogP contribution < -0.4 is 16.4 Å². The molecule has 110 valence electrons. The number of nitrogen functional groups attached to an aromatic ring is 1. The van der Waals surface area contributed by atoms with Gasteiger partial charge < -0.3 is 16.4 Å². The fraction of sp³-hybridized carbons (Fsp3) is 0.188. The van der Waals surface area contributed by atoms with Crippen molar-refractivity contribution in [2.45, 2.75) is 13.8 Å². The summed E-state index contributed by atoms with van der Waals surface area (Å²) in [5.74, 6) is -0.150. The molecule has 1 amide bonds. The number of aryl methyl sites for hydroxylation is 1. The average molecular weight is 304 g/mol. The standard InChI is InChI=1S/C16H18ClN3O/c1-3-19-16(21)12-6-5-11(18)9-15(12)20-14-7-4-10(2)8-13(14)17/h4-9,20H,3,18H2,1-2H3,(H,19,21). The molecule has 0 atom stereocenters. The summed E-state index contributed by atoms with van der Waals surface area (Å²) >= 11 is 6.22. The zero-order chi connectivity index (χ0) is 15.4. The molecule has 4 N–H and O–H groups in total. The van der Waals surface area contributed by atoms with Crippen LogP contribution in [0.25, 0.3) is 0 Å². The van der Waals surface area contributed by atoms with Gasteiger partial charge in [-0.15, -0.1) is 0 Å². The second kappa shape index (κ2) is 6.50. The molecule has 0 bridgehead atoms. The number of nitrogens with one attached hydrogen (secondary N) is 2. The quantitative estimate of drug-likeness (QED) is 0.754. The number of carbonyl (C=O) groups is 1. The summed E-state index contributed by atoms with van der Waals surface area (Å²) in [6.45, 7) is 4.41. The molecule has 21 heavy (non-hydrogen) atoms. The van der Waals surface area contributed by atoms with Crippen LogP contribution in [0.1, 0.15) is 22.8 Å². The SMILES string of the molecule is CCNC(=O)c1ccc(N)cc1Nc1ccc(C)cc1Cl. The lowest BCUT2D eigenvalue weighted by Gasteiger charge is -2.14. The van der Waals surface area contributed by atoms with Gasteiger partial charge >= 0.3 is 0 Å². The molecule has 0 heterocycles. The predicted molar refractivity (Wildman–Crippen MR) is 88.3 cm³/mol. The molecule has 0 radical (unpaired) electrons. The van der Waals surface area contributed by atoms with Crippen molar-refractivity contribution in [1.82, 2.24) is 5.32 Å². The summed E-state index contributed by atoms with van der Waals surface area (Å²) in [6, 6.07) is 10.8. The van der Waals surface area contributed by atoms with E-state index in [0.29, 0.717) is 28.5 Å². The van der Waals surface area contributed by atoms with Crippen molar-refractivity contribution < 1.29 is 4.79 Å². The first-order valence-corrected chi connectivity index (χ1v) is 7.10. The second-order valence-corrected chi connectivity index (χ2v) is 5.18. The van der Waals surface area contributed by atoms with Gasteiger partial charge in [-0.2, -0.15) is 0 Å². The minimum absolute atomic E-state index is 0.150. The van der Waals surface area contributed by atoms with E-state index in [1.165, 1.54) is 0 Å². The molecule has 5 heteroatoms. The molecule has 4 nitrogen and oxygen atoms in total. The Bertz CT molecular complexity index is 671. The molecule has 2 aromatic carbocycles. The summed E-state index contributed by atoms with van der Waals surface area (Å²) in [5.41, 5.74) is 9.36. The number of halogens is 1. The van der Waals surface area contributed by atoms with Crippen LogP contribution in [0, 0.1) is 6.92 Å². The van der Waals surface area contributed by atoms with Gasteiger partial charge in [0.2, 0.25) is 0 Å². The number of carbonyl (C=O) groups excluding carboxylic acids is 1. The van der Waals surface area contributed by atoms with Gasteiger partial charge in [0.25, 0.3) is 5.91 Å². The summed E-state index contributed by atoms with van der Waals surface area (Å²) < 4.78 is 0. The zero-order valence-electron chi connectivity index (χ0n) is 12.0. The number of amides is 1. The minimum atomic E-state index is -0.150. The molecule has 0 saturated heterocycles. The van der Waals surface area contributed by atoms with Gasteiger partial charge in [-0.25, -0.2) is 0 Å². The summed E-state index contributed by atoms with van der Waals surface area (Å²) in [5, 5.41) is 6.55. The highest BCUT2D eigenvalue weighted by molar-refractivity contribution is 6.33. The normalized spacial score (nSPS) is 10.2. The van der Waals surface area contributed by atoms with Crippen LogP contribution in [-0.2, 0) is 0 Å². The summed E-state index contributed by atoms with van der Waals surface area (Å²) in [4.78, 5) is 12.1. The van der Waals surface area contributed by atoms with E-state index in [1.807, 2.05) is 32.0 Å². The first-order chi connectivity index (χ1) is 10.0. The van der Waals surface area contributed by atoms with Gasteiger partial charge in [0.15, 0.2) is 0 Å². The van der Waals surface area contributed by atoms with E-state index >= 15 is 0 Å². The molecule has 0 unspecified atom stereocenters.